The Bertz CT molecular complexity index is 738. The highest BCUT2D eigenvalue weighted by Crippen LogP contribution is 2.32. The average molecular weight is 382 g/mol. The fraction of sp³-hybridized carbons (Fsp3) is 0.429. The minimum absolute atomic E-state index is 0. The van der Waals surface area contributed by atoms with Crippen LogP contribution >= 0.6 is 23.7 Å². The normalized spacial score (nSPS) is 20.7. The molecule has 2 aromatic rings. The van der Waals surface area contributed by atoms with Gasteiger partial charge in [0.1, 0.15) is 5.75 Å². The lowest BCUT2D eigenvalue weighted by atomic mass is 10.1. The number of ether oxygens (including phenoxy) is 1. The molecule has 3 N–H and O–H groups in total. The third-order valence-corrected chi connectivity index (χ3v) is 4.60. The SMILES string of the molecule is Cl.NC1CCC(C(=O)Nc2nc3ccc(OC(F)(F)F)cc3s2)C1. The second kappa shape index (κ2) is 7.12. The summed E-state index contributed by atoms with van der Waals surface area (Å²) < 4.78 is 41.0. The summed E-state index contributed by atoms with van der Waals surface area (Å²) in [7, 11) is 0. The van der Waals surface area contributed by atoms with Crippen molar-refractivity contribution in [3.05, 3.63) is 18.2 Å². The van der Waals surface area contributed by atoms with Gasteiger partial charge in [0.2, 0.25) is 5.91 Å². The van der Waals surface area contributed by atoms with Crippen LogP contribution in [0.4, 0.5) is 18.3 Å². The smallest absolute Gasteiger partial charge is 0.406 e. The van der Waals surface area contributed by atoms with E-state index in [2.05, 4.69) is 15.0 Å². The number of anilines is 1. The molecule has 0 bridgehead atoms. The largest absolute Gasteiger partial charge is 0.573 e. The molecule has 1 saturated carbocycles. The summed E-state index contributed by atoms with van der Waals surface area (Å²) in [5, 5.41) is 3.07. The molecule has 2 unspecified atom stereocenters. The van der Waals surface area contributed by atoms with Crippen LogP contribution in [0.2, 0.25) is 0 Å². The number of benzene rings is 1. The molecule has 1 fully saturated rings. The van der Waals surface area contributed by atoms with E-state index in [1.807, 2.05) is 0 Å². The Morgan fingerprint density at radius 3 is 2.75 bits per heavy atom. The van der Waals surface area contributed by atoms with Gasteiger partial charge in [-0.3, -0.25) is 4.79 Å². The van der Waals surface area contributed by atoms with Crippen molar-refractivity contribution in [2.45, 2.75) is 31.7 Å². The number of hydrogen-bond acceptors (Lipinski definition) is 5. The topological polar surface area (TPSA) is 77.2 Å². The summed E-state index contributed by atoms with van der Waals surface area (Å²) in [6.45, 7) is 0. The van der Waals surface area contributed by atoms with Gasteiger partial charge < -0.3 is 15.8 Å². The first kappa shape index (κ1) is 18.8. The van der Waals surface area contributed by atoms with Gasteiger partial charge in [-0.2, -0.15) is 0 Å². The summed E-state index contributed by atoms with van der Waals surface area (Å²) >= 11 is 1.10. The Kier molecular flexibility index (Phi) is 5.56. The van der Waals surface area contributed by atoms with E-state index in [1.54, 1.807) is 0 Å². The van der Waals surface area contributed by atoms with Crippen LogP contribution in [0.5, 0.6) is 5.75 Å². The number of hydrogen-bond donors (Lipinski definition) is 2. The fourth-order valence-electron chi connectivity index (χ4n) is 2.62. The summed E-state index contributed by atoms with van der Waals surface area (Å²) in [6, 6.07) is 3.91. The number of nitrogens with two attached hydrogens (primary N) is 1. The summed E-state index contributed by atoms with van der Waals surface area (Å²) in [4.78, 5) is 16.3. The number of amides is 1. The van der Waals surface area contributed by atoms with Crippen LogP contribution in [0.15, 0.2) is 18.2 Å². The maximum absolute atomic E-state index is 12.2. The molecule has 0 radical (unpaired) electrons. The van der Waals surface area contributed by atoms with Gasteiger partial charge in [0, 0.05) is 18.0 Å². The zero-order chi connectivity index (χ0) is 16.6. The van der Waals surface area contributed by atoms with E-state index in [1.165, 1.54) is 18.2 Å². The fourth-order valence-corrected chi connectivity index (χ4v) is 3.51. The predicted octanol–water partition coefficient (Wildman–Crippen LogP) is 3.68. The minimum atomic E-state index is -4.74. The number of halogens is 4. The Hall–Kier alpha value is -1.58. The number of thiazole rings is 1. The van der Waals surface area contributed by atoms with Crippen molar-refractivity contribution in [3.63, 3.8) is 0 Å². The Balaban J connectivity index is 0.00000208. The predicted molar refractivity (Wildman–Crippen MR) is 87.5 cm³/mol. The molecule has 5 nitrogen and oxygen atoms in total. The van der Waals surface area contributed by atoms with Crippen molar-refractivity contribution in [1.29, 1.82) is 0 Å². The molecular formula is C14H15ClF3N3O2S. The summed E-state index contributed by atoms with van der Waals surface area (Å²) in [5.41, 5.74) is 6.29. The number of aromatic nitrogens is 1. The molecule has 1 aromatic heterocycles. The van der Waals surface area contributed by atoms with Gasteiger partial charge in [0.05, 0.1) is 10.2 Å². The Morgan fingerprint density at radius 2 is 2.12 bits per heavy atom. The number of fused-ring (bicyclic) bond motifs is 1. The molecule has 132 valence electrons. The van der Waals surface area contributed by atoms with E-state index in [-0.39, 0.29) is 36.0 Å². The highest BCUT2D eigenvalue weighted by atomic mass is 35.5. The molecule has 1 aliphatic rings. The third-order valence-electron chi connectivity index (χ3n) is 3.67. The van der Waals surface area contributed by atoms with Gasteiger partial charge in [0.25, 0.3) is 0 Å². The van der Waals surface area contributed by atoms with E-state index in [0.29, 0.717) is 21.8 Å². The first-order chi connectivity index (χ1) is 10.8. The van der Waals surface area contributed by atoms with Gasteiger partial charge in [-0.05, 0) is 31.4 Å². The lowest BCUT2D eigenvalue weighted by Crippen LogP contribution is -2.23. The van der Waals surface area contributed by atoms with E-state index >= 15 is 0 Å². The molecule has 1 amide bonds. The maximum Gasteiger partial charge on any atom is 0.573 e. The molecule has 3 rings (SSSR count). The maximum atomic E-state index is 12.2. The van der Waals surface area contributed by atoms with Crippen molar-refractivity contribution in [2.75, 3.05) is 5.32 Å². The van der Waals surface area contributed by atoms with Crippen LogP contribution in [0.25, 0.3) is 10.2 Å². The molecule has 1 aliphatic carbocycles. The van der Waals surface area contributed by atoms with Crippen molar-refractivity contribution in [3.8, 4) is 5.75 Å². The van der Waals surface area contributed by atoms with Crippen LogP contribution in [0.3, 0.4) is 0 Å². The van der Waals surface area contributed by atoms with E-state index < -0.39 is 6.36 Å². The lowest BCUT2D eigenvalue weighted by molar-refractivity contribution is -0.274. The van der Waals surface area contributed by atoms with E-state index in [0.717, 1.165) is 24.2 Å². The van der Waals surface area contributed by atoms with Crippen molar-refractivity contribution < 1.29 is 22.7 Å². The molecule has 10 heteroatoms. The van der Waals surface area contributed by atoms with E-state index in [4.69, 9.17) is 5.73 Å². The summed E-state index contributed by atoms with van der Waals surface area (Å²) in [6.07, 6.45) is -2.55. The van der Waals surface area contributed by atoms with Gasteiger partial charge >= 0.3 is 6.36 Å². The first-order valence-corrected chi connectivity index (χ1v) is 7.84. The van der Waals surface area contributed by atoms with Crippen molar-refractivity contribution in [2.24, 2.45) is 11.7 Å². The highest BCUT2D eigenvalue weighted by Gasteiger charge is 2.31. The number of carbonyl (C=O) groups is 1. The van der Waals surface area contributed by atoms with Crippen molar-refractivity contribution in [1.82, 2.24) is 4.98 Å². The number of alkyl halides is 3. The standard InChI is InChI=1S/C14H14F3N3O2S.ClH/c15-14(16,17)22-9-3-4-10-11(6-9)23-13(19-10)20-12(21)7-1-2-8(18)5-7;/h3-4,6-8H,1-2,5,18H2,(H,19,20,21);1H. The van der Waals surface area contributed by atoms with Gasteiger partial charge in [0.15, 0.2) is 5.13 Å². The zero-order valence-electron chi connectivity index (χ0n) is 12.3. The molecule has 24 heavy (non-hydrogen) atoms. The first-order valence-electron chi connectivity index (χ1n) is 7.03. The number of carbonyl (C=O) groups excluding carboxylic acids is 1. The average Bonchev–Trinajstić information content (AvgIpc) is 3.02. The summed E-state index contributed by atoms with van der Waals surface area (Å²) in [5.74, 6) is -0.599. The van der Waals surface area contributed by atoms with E-state index in [9.17, 15) is 18.0 Å². The monoisotopic (exact) mass is 381 g/mol. The number of rotatable bonds is 3. The Morgan fingerprint density at radius 1 is 1.38 bits per heavy atom. The number of nitrogens with zero attached hydrogens (tertiary/aromatic N) is 1. The molecule has 0 saturated heterocycles. The molecule has 2 atom stereocenters. The molecule has 0 spiro atoms. The van der Waals surface area contributed by atoms with Crippen LogP contribution in [0.1, 0.15) is 19.3 Å². The van der Waals surface area contributed by atoms with Crippen LogP contribution in [-0.2, 0) is 4.79 Å². The lowest BCUT2D eigenvalue weighted by Gasteiger charge is -2.08. The van der Waals surface area contributed by atoms with Crippen LogP contribution < -0.4 is 15.8 Å². The Labute approximate surface area is 145 Å². The molecular weight excluding hydrogens is 367 g/mol. The minimum Gasteiger partial charge on any atom is -0.406 e. The molecule has 1 heterocycles. The van der Waals surface area contributed by atoms with Gasteiger partial charge in [-0.1, -0.05) is 11.3 Å². The molecule has 0 aliphatic heterocycles. The highest BCUT2D eigenvalue weighted by molar-refractivity contribution is 7.22. The van der Waals surface area contributed by atoms with Gasteiger partial charge in [-0.15, -0.1) is 25.6 Å². The third kappa shape index (κ3) is 4.49. The van der Waals surface area contributed by atoms with Gasteiger partial charge in [-0.25, -0.2) is 4.98 Å². The quantitative estimate of drug-likeness (QED) is 0.850. The van der Waals surface area contributed by atoms with Crippen molar-refractivity contribution >= 4 is 45.0 Å². The van der Waals surface area contributed by atoms with Crippen LogP contribution in [-0.4, -0.2) is 23.3 Å². The zero-order valence-corrected chi connectivity index (χ0v) is 13.9. The number of nitrogens with one attached hydrogen (secondary N) is 1. The molecule has 1 aromatic carbocycles. The second-order valence-electron chi connectivity index (χ2n) is 5.46. The second-order valence-corrected chi connectivity index (χ2v) is 6.49. The van der Waals surface area contributed by atoms with Crippen LogP contribution in [0, 0.1) is 5.92 Å².